The highest BCUT2D eigenvalue weighted by Crippen LogP contribution is 2.39. The van der Waals surface area contributed by atoms with E-state index in [0.717, 1.165) is 16.8 Å². The molecule has 0 radical (unpaired) electrons. The van der Waals surface area contributed by atoms with E-state index in [1.54, 1.807) is 20.9 Å². The van der Waals surface area contributed by atoms with Gasteiger partial charge in [-0.05, 0) is 30.0 Å². The molecule has 3 N–H and O–H groups in total. The number of fused-ring (bicyclic) bond motifs is 3. The average molecular weight is 409 g/mol. The second-order valence-electron chi connectivity index (χ2n) is 7.86. The van der Waals surface area contributed by atoms with E-state index in [0.29, 0.717) is 5.56 Å². The largest absolute Gasteiger partial charge is 0.383 e. The van der Waals surface area contributed by atoms with E-state index in [1.807, 2.05) is 48.5 Å². The zero-order valence-electron chi connectivity index (χ0n) is 17.5. The third-order valence-electron chi connectivity index (χ3n) is 5.34. The molecule has 0 spiro atoms. The molecule has 0 unspecified atom stereocenters. The van der Waals surface area contributed by atoms with Crippen LogP contribution in [0.25, 0.3) is 11.1 Å². The Morgan fingerprint density at radius 2 is 1.57 bits per heavy atom. The number of nitrogens with one attached hydrogen (secondary N) is 2. The summed E-state index contributed by atoms with van der Waals surface area (Å²) in [5.74, 6) is -1.68. The lowest BCUT2D eigenvalue weighted by atomic mass is 9.95. The van der Waals surface area contributed by atoms with Crippen molar-refractivity contribution in [2.24, 2.45) is 5.92 Å². The van der Waals surface area contributed by atoms with Gasteiger partial charge in [-0.3, -0.25) is 14.4 Å². The lowest BCUT2D eigenvalue weighted by Gasteiger charge is -2.25. The molecule has 3 rings (SSSR count). The van der Waals surface area contributed by atoms with Crippen molar-refractivity contribution in [1.29, 1.82) is 0 Å². The maximum atomic E-state index is 13.2. The van der Waals surface area contributed by atoms with Gasteiger partial charge in [0.15, 0.2) is 0 Å². The molecule has 0 aromatic heterocycles. The molecule has 2 aromatic carbocycles. The molecule has 7 nitrogen and oxygen atoms in total. The molecule has 0 fully saturated rings. The smallest absolute Gasteiger partial charge is 0.253 e. The van der Waals surface area contributed by atoms with Gasteiger partial charge in [0.25, 0.3) is 5.91 Å². The highest BCUT2D eigenvalue weighted by Gasteiger charge is 2.34. The van der Waals surface area contributed by atoms with Gasteiger partial charge < -0.3 is 20.6 Å². The normalized spacial score (nSPS) is 17.5. The van der Waals surface area contributed by atoms with E-state index in [4.69, 9.17) is 0 Å². The van der Waals surface area contributed by atoms with Crippen LogP contribution in [0.15, 0.2) is 48.5 Å². The first kappa shape index (κ1) is 21.5. The summed E-state index contributed by atoms with van der Waals surface area (Å²) in [4.78, 5) is 39.7. The molecular weight excluding hydrogens is 382 g/mol. The van der Waals surface area contributed by atoms with Gasteiger partial charge in [0.1, 0.15) is 18.2 Å². The Bertz CT molecular complexity index is 972. The number of benzene rings is 2. The number of hydrogen-bond acceptors (Lipinski definition) is 4. The summed E-state index contributed by atoms with van der Waals surface area (Å²) in [7, 11) is 1.68. The summed E-state index contributed by atoms with van der Waals surface area (Å²) < 4.78 is 0. The summed E-state index contributed by atoms with van der Waals surface area (Å²) in [6.07, 6.45) is -1.21. The van der Waals surface area contributed by atoms with E-state index in [9.17, 15) is 19.5 Å². The zero-order valence-corrected chi connectivity index (χ0v) is 17.5. The van der Waals surface area contributed by atoms with Crippen LogP contribution < -0.4 is 15.5 Å². The van der Waals surface area contributed by atoms with Crippen LogP contribution in [-0.2, 0) is 14.4 Å². The molecule has 3 atom stereocenters. The summed E-state index contributed by atoms with van der Waals surface area (Å²) in [6.45, 7) is 4.94. The van der Waals surface area contributed by atoms with E-state index in [2.05, 4.69) is 10.6 Å². The maximum Gasteiger partial charge on any atom is 0.253 e. The summed E-state index contributed by atoms with van der Waals surface area (Å²) in [5.41, 5.74) is 3.21. The fourth-order valence-corrected chi connectivity index (χ4v) is 3.51. The van der Waals surface area contributed by atoms with Crippen molar-refractivity contribution in [2.75, 3.05) is 11.9 Å². The van der Waals surface area contributed by atoms with Crippen LogP contribution in [0.4, 0.5) is 5.69 Å². The molecule has 1 aliphatic rings. The van der Waals surface area contributed by atoms with Crippen LogP contribution >= 0.6 is 0 Å². The van der Waals surface area contributed by atoms with Crippen molar-refractivity contribution in [1.82, 2.24) is 10.6 Å². The molecule has 1 heterocycles. The molecule has 0 aliphatic carbocycles. The third kappa shape index (κ3) is 4.07. The Morgan fingerprint density at radius 3 is 2.23 bits per heavy atom. The number of amides is 3. The van der Waals surface area contributed by atoms with Crippen LogP contribution in [0.5, 0.6) is 0 Å². The first-order valence-corrected chi connectivity index (χ1v) is 9.97. The Kier molecular flexibility index (Phi) is 6.22. The number of anilines is 1. The number of aliphatic hydroxyl groups excluding tert-OH is 1. The van der Waals surface area contributed by atoms with Crippen molar-refractivity contribution < 1.29 is 19.5 Å². The van der Waals surface area contributed by atoms with Crippen molar-refractivity contribution in [3.8, 4) is 11.1 Å². The second kappa shape index (κ2) is 8.67. The van der Waals surface area contributed by atoms with E-state index >= 15 is 0 Å². The number of carbonyl (C=O) groups excluding carboxylic acids is 3. The highest BCUT2D eigenvalue weighted by molar-refractivity contribution is 6.06. The van der Waals surface area contributed by atoms with E-state index in [-0.39, 0.29) is 11.8 Å². The predicted octanol–water partition coefficient (Wildman–Crippen LogP) is 2.01. The minimum absolute atomic E-state index is 0.275. The van der Waals surface area contributed by atoms with Crippen molar-refractivity contribution in [2.45, 2.75) is 39.0 Å². The van der Waals surface area contributed by atoms with Gasteiger partial charge >= 0.3 is 0 Å². The first-order chi connectivity index (χ1) is 14.2. The lowest BCUT2D eigenvalue weighted by molar-refractivity contribution is -0.136. The minimum atomic E-state index is -1.21. The van der Waals surface area contributed by atoms with Crippen LogP contribution in [0.3, 0.4) is 0 Å². The van der Waals surface area contributed by atoms with E-state index in [1.165, 1.54) is 11.8 Å². The van der Waals surface area contributed by atoms with Crippen LogP contribution in [0, 0.1) is 5.92 Å². The zero-order chi connectivity index (χ0) is 22.0. The molecular formula is C23H27N3O4. The fraction of sp³-hybridized carbons (Fsp3) is 0.348. The number of likely N-dealkylation sites (N-methyl/N-ethyl adjacent to an activating group) is 1. The van der Waals surface area contributed by atoms with Crippen molar-refractivity contribution in [3.05, 3.63) is 54.1 Å². The van der Waals surface area contributed by atoms with Gasteiger partial charge in [0.2, 0.25) is 11.8 Å². The monoisotopic (exact) mass is 409 g/mol. The van der Waals surface area contributed by atoms with Gasteiger partial charge in [-0.1, -0.05) is 56.3 Å². The van der Waals surface area contributed by atoms with Gasteiger partial charge in [0, 0.05) is 12.6 Å². The summed E-state index contributed by atoms with van der Waals surface area (Å²) >= 11 is 0. The second-order valence-corrected chi connectivity index (χ2v) is 7.86. The number of hydrogen-bond donors (Lipinski definition) is 3. The minimum Gasteiger partial charge on any atom is -0.383 e. The summed E-state index contributed by atoms with van der Waals surface area (Å²) in [6, 6.07) is 13.2. The summed E-state index contributed by atoms with van der Waals surface area (Å²) in [5, 5.41) is 15.2. The molecule has 0 saturated heterocycles. The molecule has 3 amide bonds. The van der Waals surface area contributed by atoms with Crippen LogP contribution in [0.2, 0.25) is 0 Å². The SMILES string of the molecule is CC(C)[C@H](O)C(=O)N[C@@H](C)C(=O)N[C@@H]1C(=O)N(C)c2ccccc2-c2ccccc21. The molecule has 158 valence electrons. The molecule has 30 heavy (non-hydrogen) atoms. The topological polar surface area (TPSA) is 98.7 Å². The van der Waals surface area contributed by atoms with E-state index < -0.39 is 30.0 Å². The highest BCUT2D eigenvalue weighted by atomic mass is 16.3. The van der Waals surface area contributed by atoms with Crippen LogP contribution in [-0.4, -0.2) is 42.0 Å². The number of aliphatic hydroxyl groups is 1. The first-order valence-electron chi connectivity index (χ1n) is 9.97. The Morgan fingerprint density at radius 1 is 0.967 bits per heavy atom. The van der Waals surface area contributed by atoms with Gasteiger partial charge in [-0.2, -0.15) is 0 Å². The third-order valence-corrected chi connectivity index (χ3v) is 5.34. The average Bonchev–Trinajstić information content (AvgIpc) is 2.83. The van der Waals surface area contributed by atoms with Gasteiger partial charge in [0.05, 0.1) is 5.69 Å². The molecule has 0 saturated carbocycles. The Labute approximate surface area is 176 Å². The Hall–Kier alpha value is -3.19. The number of carbonyl (C=O) groups is 3. The van der Waals surface area contributed by atoms with Gasteiger partial charge in [-0.25, -0.2) is 0 Å². The predicted molar refractivity (Wildman–Crippen MR) is 115 cm³/mol. The number of para-hydroxylation sites is 1. The lowest BCUT2D eigenvalue weighted by Crippen LogP contribution is -2.51. The number of nitrogens with zero attached hydrogens (tertiary/aromatic N) is 1. The van der Waals surface area contributed by atoms with Gasteiger partial charge in [-0.15, -0.1) is 0 Å². The Balaban J connectivity index is 1.88. The number of rotatable bonds is 5. The fourth-order valence-electron chi connectivity index (χ4n) is 3.51. The molecule has 2 aromatic rings. The molecule has 0 bridgehead atoms. The van der Waals surface area contributed by atoms with Crippen LogP contribution in [0.1, 0.15) is 32.4 Å². The standard InChI is InChI=1S/C23H27N3O4/c1-13(2)20(27)22(29)24-14(3)21(28)25-19-17-11-6-5-9-15(17)16-10-7-8-12-18(16)26(4)23(19)30/h5-14,19-20,27H,1-4H3,(H,24,29)(H,25,28)/t14-,19-,20-/m0/s1. The van der Waals surface area contributed by atoms with Crippen molar-refractivity contribution in [3.63, 3.8) is 0 Å². The maximum absolute atomic E-state index is 13.2. The molecule has 7 heteroatoms. The molecule has 1 aliphatic heterocycles. The van der Waals surface area contributed by atoms with Crippen molar-refractivity contribution >= 4 is 23.4 Å². The quantitative estimate of drug-likeness (QED) is 0.704.